The molecule has 0 fully saturated rings. The van der Waals surface area contributed by atoms with E-state index in [4.69, 9.17) is 9.47 Å². The topological polar surface area (TPSA) is 99.5 Å². The zero-order valence-electron chi connectivity index (χ0n) is 16.2. The summed E-state index contributed by atoms with van der Waals surface area (Å²) in [5.74, 6) is -1.57. The molecule has 0 radical (unpaired) electrons. The molecule has 0 unspecified atom stereocenters. The number of nitrogens with zero attached hydrogens (tertiary/aromatic N) is 2. The molecule has 0 saturated heterocycles. The third-order valence-electron chi connectivity index (χ3n) is 3.86. The van der Waals surface area contributed by atoms with Crippen LogP contribution in [0.1, 0.15) is 62.4 Å². The Morgan fingerprint density at radius 2 is 1.93 bits per heavy atom. The highest BCUT2D eigenvalue weighted by atomic mass is 32.1. The standard InChI is InChI=1S/C18H23N3O5S/c1-7-25-18(24)14-10(4)13(17(23)26-9(2)3)16(27-14)20-15(22)12-8-19-21(6)11(12)5/h8-9H,7H2,1-6H3,(H,20,22). The van der Waals surface area contributed by atoms with Crippen molar-refractivity contribution in [2.45, 2.75) is 40.7 Å². The van der Waals surface area contributed by atoms with Gasteiger partial charge < -0.3 is 14.8 Å². The predicted octanol–water partition coefficient (Wildman–Crippen LogP) is 3.09. The number of hydrogen-bond donors (Lipinski definition) is 1. The van der Waals surface area contributed by atoms with E-state index in [1.54, 1.807) is 46.3 Å². The maximum Gasteiger partial charge on any atom is 0.348 e. The molecule has 9 heteroatoms. The van der Waals surface area contributed by atoms with Crippen molar-refractivity contribution in [2.75, 3.05) is 11.9 Å². The molecular formula is C18H23N3O5S. The monoisotopic (exact) mass is 393 g/mol. The maximum absolute atomic E-state index is 12.6. The van der Waals surface area contributed by atoms with Gasteiger partial charge in [-0.25, -0.2) is 9.59 Å². The van der Waals surface area contributed by atoms with Crippen LogP contribution in [0.3, 0.4) is 0 Å². The van der Waals surface area contributed by atoms with Crippen LogP contribution in [0, 0.1) is 13.8 Å². The van der Waals surface area contributed by atoms with Crippen molar-refractivity contribution >= 4 is 34.2 Å². The minimum Gasteiger partial charge on any atom is -0.462 e. The number of carbonyl (C=O) groups excluding carboxylic acids is 3. The minimum absolute atomic E-state index is 0.159. The van der Waals surface area contributed by atoms with E-state index in [1.807, 2.05) is 0 Å². The first-order chi connectivity index (χ1) is 12.7. The Kier molecular flexibility index (Phi) is 6.37. The predicted molar refractivity (Wildman–Crippen MR) is 101 cm³/mol. The number of hydrogen-bond acceptors (Lipinski definition) is 7. The minimum atomic E-state index is -0.604. The van der Waals surface area contributed by atoms with Crippen molar-refractivity contribution in [1.82, 2.24) is 9.78 Å². The van der Waals surface area contributed by atoms with Crippen LogP contribution < -0.4 is 5.32 Å². The number of aryl methyl sites for hydroxylation is 1. The molecule has 1 N–H and O–H groups in total. The fraction of sp³-hybridized carbons (Fsp3) is 0.444. The van der Waals surface area contributed by atoms with Crippen LogP contribution in [0.15, 0.2) is 6.20 Å². The van der Waals surface area contributed by atoms with Crippen molar-refractivity contribution in [2.24, 2.45) is 7.05 Å². The van der Waals surface area contributed by atoms with E-state index in [-0.39, 0.29) is 28.2 Å². The lowest BCUT2D eigenvalue weighted by Gasteiger charge is -2.10. The smallest absolute Gasteiger partial charge is 0.348 e. The summed E-state index contributed by atoms with van der Waals surface area (Å²) >= 11 is 0.991. The summed E-state index contributed by atoms with van der Waals surface area (Å²) in [6, 6.07) is 0. The first-order valence-corrected chi connectivity index (χ1v) is 9.30. The number of rotatable bonds is 6. The summed E-state index contributed by atoms with van der Waals surface area (Å²) in [5, 5.41) is 7.00. The lowest BCUT2D eigenvalue weighted by molar-refractivity contribution is 0.0379. The maximum atomic E-state index is 12.6. The second-order valence-electron chi connectivity index (χ2n) is 6.16. The van der Waals surface area contributed by atoms with Crippen LogP contribution >= 0.6 is 11.3 Å². The van der Waals surface area contributed by atoms with Gasteiger partial charge in [-0.2, -0.15) is 5.10 Å². The molecule has 0 aliphatic rings. The molecule has 0 bridgehead atoms. The molecule has 0 spiro atoms. The fourth-order valence-electron chi connectivity index (χ4n) is 2.40. The number of ether oxygens (including phenoxy) is 2. The molecule has 0 aliphatic heterocycles. The van der Waals surface area contributed by atoms with Gasteiger partial charge in [0.05, 0.1) is 30.0 Å². The van der Waals surface area contributed by atoms with E-state index in [2.05, 4.69) is 10.4 Å². The van der Waals surface area contributed by atoms with Gasteiger partial charge in [0.2, 0.25) is 0 Å². The summed E-state index contributed by atoms with van der Waals surface area (Å²) in [5.41, 5.74) is 1.64. The zero-order valence-corrected chi connectivity index (χ0v) is 17.0. The van der Waals surface area contributed by atoms with Crippen molar-refractivity contribution in [1.29, 1.82) is 0 Å². The van der Waals surface area contributed by atoms with E-state index in [0.717, 1.165) is 11.3 Å². The highest BCUT2D eigenvalue weighted by Crippen LogP contribution is 2.35. The van der Waals surface area contributed by atoms with Gasteiger partial charge in [0.25, 0.3) is 5.91 Å². The largest absolute Gasteiger partial charge is 0.462 e. The number of thiophene rings is 1. The second kappa shape index (κ2) is 8.34. The van der Waals surface area contributed by atoms with Crippen molar-refractivity contribution in [3.63, 3.8) is 0 Å². The first kappa shape index (κ1) is 20.6. The molecule has 27 heavy (non-hydrogen) atoms. The normalized spacial score (nSPS) is 10.8. The average Bonchev–Trinajstić information content (AvgIpc) is 3.07. The van der Waals surface area contributed by atoms with Gasteiger partial charge in [-0.3, -0.25) is 9.48 Å². The summed E-state index contributed by atoms with van der Waals surface area (Å²) in [7, 11) is 1.73. The third-order valence-corrected chi connectivity index (χ3v) is 5.05. The Bertz CT molecular complexity index is 882. The molecule has 8 nitrogen and oxygen atoms in total. The first-order valence-electron chi connectivity index (χ1n) is 8.48. The molecule has 0 atom stereocenters. The molecule has 2 aromatic rings. The summed E-state index contributed by atoms with van der Waals surface area (Å²) in [4.78, 5) is 37.6. The SMILES string of the molecule is CCOC(=O)c1sc(NC(=O)c2cnn(C)c2C)c(C(=O)OC(C)C)c1C. The van der Waals surface area contributed by atoms with Gasteiger partial charge in [0.15, 0.2) is 0 Å². The lowest BCUT2D eigenvalue weighted by atomic mass is 10.1. The van der Waals surface area contributed by atoms with Crippen molar-refractivity contribution in [3.8, 4) is 0 Å². The Balaban J connectivity index is 2.45. The van der Waals surface area contributed by atoms with Crippen LogP contribution in [0.5, 0.6) is 0 Å². The van der Waals surface area contributed by atoms with E-state index >= 15 is 0 Å². The quantitative estimate of drug-likeness (QED) is 0.757. The highest BCUT2D eigenvalue weighted by Gasteiger charge is 2.28. The molecular weight excluding hydrogens is 370 g/mol. The number of amides is 1. The Morgan fingerprint density at radius 3 is 2.44 bits per heavy atom. The van der Waals surface area contributed by atoms with E-state index < -0.39 is 17.8 Å². The molecule has 146 valence electrons. The molecule has 2 rings (SSSR count). The van der Waals surface area contributed by atoms with Crippen LogP contribution in [0.2, 0.25) is 0 Å². The zero-order chi connectivity index (χ0) is 20.3. The summed E-state index contributed by atoms with van der Waals surface area (Å²) in [6.07, 6.45) is 1.11. The molecule has 0 aliphatic carbocycles. The molecule has 0 saturated carbocycles. The van der Waals surface area contributed by atoms with E-state index in [9.17, 15) is 14.4 Å². The molecule has 1 amide bonds. The lowest BCUT2D eigenvalue weighted by Crippen LogP contribution is -2.17. The molecule has 2 aromatic heterocycles. The highest BCUT2D eigenvalue weighted by molar-refractivity contribution is 7.18. The third kappa shape index (κ3) is 4.36. The molecule has 2 heterocycles. The number of aromatic nitrogens is 2. The number of nitrogens with one attached hydrogen (secondary N) is 1. The van der Waals surface area contributed by atoms with Crippen LogP contribution in [-0.2, 0) is 16.5 Å². The Labute approximate surface area is 161 Å². The summed E-state index contributed by atoms with van der Waals surface area (Å²) < 4.78 is 11.9. The van der Waals surface area contributed by atoms with Crippen molar-refractivity contribution < 1.29 is 23.9 Å². The van der Waals surface area contributed by atoms with Gasteiger partial charge in [0.1, 0.15) is 9.88 Å². The number of esters is 2. The van der Waals surface area contributed by atoms with Gasteiger partial charge in [-0.05, 0) is 40.2 Å². The van der Waals surface area contributed by atoms with Crippen LogP contribution in [0.25, 0.3) is 0 Å². The van der Waals surface area contributed by atoms with Gasteiger partial charge in [-0.15, -0.1) is 11.3 Å². The van der Waals surface area contributed by atoms with E-state index in [1.165, 1.54) is 6.20 Å². The van der Waals surface area contributed by atoms with Crippen LogP contribution in [0.4, 0.5) is 5.00 Å². The van der Waals surface area contributed by atoms with Gasteiger partial charge >= 0.3 is 11.9 Å². The average molecular weight is 393 g/mol. The van der Waals surface area contributed by atoms with Crippen molar-refractivity contribution in [3.05, 3.63) is 33.5 Å². The Morgan fingerprint density at radius 1 is 1.26 bits per heavy atom. The molecule has 0 aromatic carbocycles. The van der Waals surface area contributed by atoms with Crippen LogP contribution in [-0.4, -0.2) is 40.3 Å². The fourth-order valence-corrected chi connectivity index (χ4v) is 3.49. The number of carbonyl (C=O) groups is 3. The van der Waals surface area contributed by atoms with Gasteiger partial charge in [0, 0.05) is 12.7 Å². The van der Waals surface area contributed by atoms with Gasteiger partial charge in [-0.1, -0.05) is 0 Å². The summed E-state index contributed by atoms with van der Waals surface area (Å²) in [6.45, 7) is 8.75. The second-order valence-corrected chi connectivity index (χ2v) is 7.18. The Hall–Kier alpha value is -2.68. The van der Waals surface area contributed by atoms with E-state index in [0.29, 0.717) is 16.8 Å². The number of anilines is 1.